The van der Waals surface area contributed by atoms with Crippen LogP contribution in [0.2, 0.25) is 5.02 Å². The van der Waals surface area contributed by atoms with Crippen molar-refractivity contribution >= 4 is 22.4 Å². The Kier molecular flexibility index (Phi) is 4.08. The van der Waals surface area contributed by atoms with Gasteiger partial charge in [-0.2, -0.15) is 0 Å². The van der Waals surface area contributed by atoms with Crippen molar-refractivity contribution in [1.82, 2.24) is 9.97 Å². The summed E-state index contributed by atoms with van der Waals surface area (Å²) in [6.07, 6.45) is 3.55. The highest BCUT2D eigenvalue weighted by atomic mass is 35.5. The fraction of sp³-hybridized carbons (Fsp3) is 0.0476. The average molecular weight is 347 g/mol. The molecular formula is C21H15ClN2O. The molecule has 0 radical (unpaired) electrons. The Bertz CT molecular complexity index is 1050. The summed E-state index contributed by atoms with van der Waals surface area (Å²) < 4.78 is 5.26. The number of ether oxygens (including phenoxy) is 1. The van der Waals surface area contributed by atoms with Gasteiger partial charge in [0.15, 0.2) is 0 Å². The molecule has 25 heavy (non-hydrogen) atoms. The molecule has 4 rings (SSSR count). The van der Waals surface area contributed by atoms with Gasteiger partial charge in [0.05, 0.1) is 23.5 Å². The van der Waals surface area contributed by atoms with E-state index in [-0.39, 0.29) is 0 Å². The zero-order valence-corrected chi connectivity index (χ0v) is 14.4. The van der Waals surface area contributed by atoms with E-state index in [0.717, 1.165) is 33.3 Å². The maximum absolute atomic E-state index is 6.33. The molecule has 4 heteroatoms. The molecule has 0 fully saturated rings. The SMILES string of the molecule is COc1ccc(-c2nc(-c3ccncc3)cc3ccccc23)cc1Cl. The molecule has 0 bridgehead atoms. The summed E-state index contributed by atoms with van der Waals surface area (Å²) in [6, 6.07) is 20.0. The van der Waals surface area contributed by atoms with E-state index in [1.165, 1.54) is 0 Å². The van der Waals surface area contributed by atoms with Crippen molar-refractivity contribution in [3.8, 4) is 28.3 Å². The fourth-order valence-corrected chi connectivity index (χ4v) is 3.16. The van der Waals surface area contributed by atoms with Crippen molar-refractivity contribution in [2.24, 2.45) is 0 Å². The second-order valence-corrected chi connectivity index (χ2v) is 6.07. The Morgan fingerprint density at radius 1 is 0.880 bits per heavy atom. The van der Waals surface area contributed by atoms with Gasteiger partial charge >= 0.3 is 0 Å². The summed E-state index contributed by atoms with van der Waals surface area (Å²) in [5, 5.41) is 2.79. The Morgan fingerprint density at radius 3 is 2.44 bits per heavy atom. The van der Waals surface area contributed by atoms with Crippen LogP contribution < -0.4 is 4.74 Å². The molecule has 2 heterocycles. The lowest BCUT2D eigenvalue weighted by molar-refractivity contribution is 0.415. The number of methoxy groups -OCH3 is 1. The normalized spacial score (nSPS) is 10.8. The Hall–Kier alpha value is -2.91. The van der Waals surface area contributed by atoms with Crippen molar-refractivity contribution in [1.29, 1.82) is 0 Å². The maximum atomic E-state index is 6.33. The predicted molar refractivity (Wildman–Crippen MR) is 102 cm³/mol. The third kappa shape index (κ3) is 2.94. The summed E-state index contributed by atoms with van der Waals surface area (Å²) in [4.78, 5) is 9.00. The smallest absolute Gasteiger partial charge is 0.137 e. The Labute approximate surface area is 150 Å². The van der Waals surface area contributed by atoms with Crippen LogP contribution in [0.25, 0.3) is 33.3 Å². The van der Waals surface area contributed by atoms with E-state index < -0.39 is 0 Å². The van der Waals surface area contributed by atoms with Gasteiger partial charge < -0.3 is 4.74 Å². The van der Waals surface area contributed by atoms with E-state index in [9.17, 15) is 0 Å². The molecule has 0 saturated carbocycles. The minimum Gasteiger partial charge on any atom is -0.495 e. The van der Waals surface area contributed by atoms with E-state index in [2.05, 4.69) is 23.2 Å². The van der Waals surface area contributed by atoms with Crippen LogP contribution >= 0.6 is 11.6 Å². The summed E-state index contributed by atoms with van der Waals surface area (Å²) in [7, 11) is 1.61. The second-order valence-electron chi connectivity index (χ2n) is 5.66. The summed E-state index contributed by atoms with van der Waals surface area (Å²) in [5.41, 5.74) is 3.79. The van der Waals surface area contributed by atoms with E-state index >= 15 is 0 Å². The lowest BCUT2D eigenvalue weighted by Gasteiger charge is -2.11. The first-order chi connectivity index (χ1) is 12.3. The topological polar surface area (TPSA) is 35.0 Å². The van der Waals surface area contributed by atoms with Crippen LogP contribution in [0.5, 0.6) is 5.75 Å². The summed E-state index contributed by atoms with van der Waals surface area (Å²) in [6.45, 7) is 0. The highest BCUT2D eigenvalue weighted by molar-refractivity contribution is 6.32. The highest BCUT2D eigenvalue weighted by Crippen LogP contribution is 2.34. The number of hydrogen-bond acceptors (Lipinski definition) is 3. The molecule has 3 nitrogen and oxygen atoms in total. The van der Waals surface area contributed by atoms with Gasteiger partial charge in [-0.25, -0.2) is 4.98 Å². The van der Waals surface area contributed by atoms with Gasteiger partial charge in [-0.1, -0.05) is 35.9 Å². The lowest BCUT2D eigenvalue weighted by atomic mass is 10.0. The van der Waals surface area contributed by atoms with Crippen LogP contribution in [0.1, 0.15) is 0 Å². The van der Waals surface area contributed by atoms with Crippen molar-refractivity contribution in [3.05, 3.63) is 78.1 Å². The quantitative estimate of drug-likeness (QED) is 0.482. The van der Waals surface area contributed by atoms with Crippen LogP contribution in [0.15, 0.2) is 73.1 Å². The average Bonchev–Trinajstić information content (AvgIpc) is 2.67. The van der Waals surface area contributed by atoms with E-state index in [0.29, 0.717) is 10.8 Å². The van der Waals surface area contributed by atoms with Crippen molar-refractivity contribution in [2.75, 3.05) is 7.11 Å². The van der Waals surface area contributed by atoms with Crippen LogP contribution in [-0.2, 0) is 0 Å². The van der Waals surface area contributed by atoms with Gasteiger partial charge in [0, 0.05) is 28.9 Å². The van der Waals surface area contributed by atoms with Crippen LogP contribution in [-0.4, -0.2) is 17.1 Å². The van der Waals surface area contributed by atoms with Crippen LogP contribution in [0, 0.1) is 0 Å². The van der Waals surface area contributed by atoms with Gasteiger partial charge in [0.1, 0.15) is 5.75 Å². The number of pyridine rings is 2. The molecule has 0 N–H and O–H groups in total. The standard InChI is InChI=1S/C21H15ClN2O/c1-25-20-7-6-16(12-18(20)22)21-17-5-3-2-4-15(17)13-19(24-21)14-8-10-23-11-9-14/h2-13H,1H3. The Balaban J connectivity index is 1.97. The molecule has 2 aromatic heterocycles. The zero-order valence-electron chi connectivity index (χ0n) is 13.6. The van der Waals surface area contributed by atoms with E-state index in [1.807, 2.05) is 42.5 Å². The molecule has 0 atom stereocenters. The van der Waals surface area contributed by atoms with Gasteiger partial charge in [-0.3, -0.25) is 4.98 Å². The third-order valence-corrected chi connectivity index (χ3v) is 4.44. The molecule has 2 aromatic carbocycles. The molecule has 0 aliphatic heterocycles. The van der Waals surface area contributed by atoms with Crippen LogP contribution in [0.3, 0.4) is 0 Å². The molecule has 0 unspecified atom stereocenters. The van der Waals surface area contributed by atoms with Crippen molar-refractivity contribution in [2.45, 2.75) is 0 Å². The Morgan fingerprint density at radius 2 is 1.68 bits per heavy atom. The summed E-state index contributed by atoms with van der Waals surface area (Å²) >= 11 is 6.33. The van der Waals surface area contributed by atoms with Crippen LogP contribution in [0.4, 0.5) is 0 Å². The largest absolute Gasteiger partial charge is 0.495 e. The molecule has 0 aliphatic carbocycles. The second kappa shape index (κ2) is 6.54. The minimum atomic E-state index is 0.570. The van der Waals surface area contributed by atoms with Gasteiger partial charge in [0.2, 0.25) is 0 Å². The molecule has 0 spiro atoms. The van der Waals surface area contributed by atoms with E-state index in [1.54, 1.807) is 19.5 Å². The molecular weight excluding hydrogens is 332 g/mol. The first-order valence-corrected chi connectivity index (χ1v) is 8.28. The number of aromatic nitrogens is 2. The van der Waals surface area contributed by atoms with Gasteiger partial charge in [-0.15, -0.1) is 0 Å². The summed E-state index contributed by atoms with van der Waals surface area (Å²) in [5.74, 6) is 0.653. The minimum absolute atomic E-state index is 0.570. The number of rotatable bonds is 3. The number of nitrogens with zero attached hydrogens (tertiary/aromatic N) is 2. The van der Waals surface area contributed by atoms with Crippen molar-refractivity contribution in [3.63, 3.8) is 0 Å². The third-order valence-electron chi connectivity index (χ3n) is 4.14. The number of halogens is 1. The maximum Gasteiger partial charge on any atom is 0.137 e. The predicted octanol–water partition coefficient (Wildman–Crippen LogP) is 5.63. The molecule has 0 amide bonds. The first-order valence-electron chi connectivity index (χ1n) is 7.90. The molecule has 0 aliphatic rings. The molecule has 122 valence electrons. The fourth-order valence-electron chi connectivity index (χ4n) is 2.90. The lowest BCUT2D eigenvalue weighted by Crippen LogP contribution is -1.92. The zero-order chi connectivity index (χ0) is 17.2. The van der Waals surface area contributed by atoms with Gasteiger partial charge in [0.25, 0.3) is 0 Å². The van der Waals surface area contributed by atoms with E-state index in [4.69, 9.17) is 21.3 Å². The molecule has 0 saturated heterocycles. The first kappa shape index (κ1) is 15.6. The highest BCUT2D eigenvalue weighted by Gasteiger charge is 2.11. The van der Waals surface area contributed by atoms with Gasteiger partial charge in [-0.05, 0) is 41.8 Å². The number of fused-ring (bicyclic) bond motifs is 1. The number of hydrogen-bond donors (Lipinski definition) is 0. The number of benzene rings is 2. The van der Waals surface area contributed by atoms with Crippen molar-refractivity contribution < 1.29 is 4.74 Å². The monoisotopic (exact) mass is 346 g/mol. The molecule has 4 aromatic rings.